The van der Waals surface area contributed by atoms with Gasteiger partial charge in [-0.2, -0.15) is 0 Å². The van der Waals surface area contributed by atoms with Crippen molar-refractivity contribution in [1.29, 1.82) is 0 Å². The predicted molar refractivity (Wildman–Crippen MR) is 92.2 cm³/mol. The summed E-state index contributed by atoms with van der Waals surface area (Å²) in [6.07, 6.45) is 2.96. The highest BCUT2D eigenvalue weighted by molar-refractivity contribution is 5.88. The van der Waals surface area contributed by atoms with Crippen molar-refractivity contribution in [1.82, 2.24) is 0 Å². The van der Waals surface area contributed by atoms with Crippen LogP contribution in [-0.4, -0.2) is 24.7 Å². The van der Waals surface area contributed by atoms with Crippen molar-refractivity contribution in [3.8, 4) is 0 Å². The second-order valence-electron chi connectivity index (χ2n) is 6.75. The average molecular weight is 301 g/mol. The summed E-state index contributed by atoms with van der Waals surface area (Å²) in [6.45, 7) is 12.7. The Labute approximate surface area is 134 Å². The third kappa shape index (κ3) is 2.65. The number of rotatable bonds is 3. The van der Waals surface area contributed by atoms with Gasteiger partial charge in [0.1, 0.15) is 6.04 Å². The number of carbonyl (C=O) groups is 1. The van der Waals surface area contributed by atoms with Gasteiger partial charge in [0.05, 0.1) is 12.6 Å². The van der Waals surface area contributed by atoms with Gasteiger partial charge in [-0.3, -0.25) is 0 Å². The minimum absolute atomic E-state index is 0.173. The molecular formula is C19H27NO2. The van der Waals surface area contributed by atoms with Crippen molar-refractivity contribution >= 4 is 17.2 Å². The number of esters is 1. The van der Waals surface area contributed by atoms with E-state index in [0.717, 1.165) is 12.1 Å². The number of benzene rings is 1. The Bertz CT molecular complexity index is 629. The monoisotopic (exact) mass is 301 g/mol. The molecule has 1 aliphatic rings. The Morgan fingerprint density at radius 1 is 1.23 bits per heavy atom. The number of aryl methyl sites for hydroxylation is 2. The Hall–Kier alpha value is -1.77. The summed E-state index contributed by atoms with van der Waals surface area (Å²) < 4.78 is 5.04. The number of anilines is 1. The van der Waals surface area contributed by atoms with E-state index in [0.29, 0.717) is 0 Å². The lowest BCUT2D eigenvalue weighted by Crippen LogP contribution is -2.54. The number of ether oxygens (including phenoxy) is 1. The zero-order chi connectivity index (χ0) is 16.7. The van der Waals surface area contributed by atoms with Gasteiger partial charge in [0.15, 0.2) is 0 Å². The first-order valence-corrected chi connectivity index (χ1v) is 7.91. The molecule has 1 heterocycles. The second kappa shape index (κ2) is 5.79. The van der Waals surface area contributed by atoms with Crippen LogP contribution in [0.15, 0.2) is 18.2 Å². The summed E-state index contributed by atoms with van der Waals surface area (Å²) in [6, 6.07) is 4.15. The fraction of sp³-hybridized carbons (Fsp3) is 0.526. The van der Waals surface area contributed by atoms with Crippen LogP contribution in [0.5, 0.6) is 0 Å². The van der Waals surface area contributed by atoms with E-state index in [4.69, 9.17) is 4.74 Å². The van der Waals surface area contributed by atoms with Gasteiger partial charge in [-0.05, 0) is 69.9 Å². The van der Waals surface area contributed by atoms with E-state index in [1.807, 2.05) is 6.92 Å². The van der Waals surface area contributed by atoms with Gasteiger partial charge in [0.2, 0.25) is 0 Å². The van der Waals surface area contributed by atoms with Crippen LogP contribution in [0, 0.1) is 13.8 Å². The highest BCUT2D eigenvalue weighted by atomic mass is 16.5. The maximum atomic E-state index is 12.3. The van der Waals surface area contributed by atoms with Gasteiger partial charge in [-0.1, -0.05) is 13.0 Å². The number of nitrogens with zero attached hydrogens (tertiary/aromatic N) is 1. The molecule has 0 unspecified atom stereocenters. The molecule has 0 spiro atoms. The molecule has 0 saturated heterocycles. The van der Waals surface area contributed by atoms with Gasteiger partial charge in [-0.25, -0.2) is 4.79 Å². The molecule has 3 nitrogen and oxygen atoms in total. The first-order chi connectivity index (χ1) is 10.2. The molecule has 0 N–H and O–H groups in total. The van der Waals surface area contributed by atoms with Crippen molar-refractivity contribution in [2.24, 2.45) is 0 Å². The van der Waals surface area contributed by atoms with Crippen molar-refractivity contribution < 1.29 is 9.53 Å². The molecule has 1 aromatic rings. The number of hydrogen-bond acceptors (Lipinski definition) is 3. The molecular weight excluding hydrogens is 274 g/mol. The van der Waals surface area contributed by atoms with Crippen LogP contribution in [0.2, 0.25) is 0 Å². The number of fused-ring (bicyclic) bond motifs is 1. The van der Waals surface area contributed by atoms with E-state index in [1.54, 1.807) is 0 Å². The lowest BCUT2D eigenvalue weighted by Gasteiger charge is -2.46. The fourth-order valence-electron chi connectivity index (χ4n) is 3.46. The minimum Gasteiger partial charge on any atom is -0.467 e. The Kier molecular flexibility index (Phi) is 4.37. The normalized spacial score (nSPS) is 17.6. The average Bonchev–Trinajstić information content (AvgIpc) is 2.44. The van der Waals surface area contributed by atoms with Crippen molar-refractivity contribution in [2.75, 3.05) is 12.0 Å². The van der Waals surface area contributed by atoms with E-state index < -0.39 is 0 Å². The van der Waals surface area contributed by atoms with E-state index in [2.05, 4.69) is 57.7 Å². The molecule has 0 fully saturated rings. The van der Waals surface area contributed by atoms with Crippen LogP contribution >= 0.6 is 0 Å². The molecule has 22 heavy (non-hydrogen) atoms. The summed E-state index contributed by atoms with van der Waals surface area (Å²) in [5.41, 5.74) is 5.90. The molecule has 2 rings (SSSR count). The van der Waals surface area contributed by atoms with Crippen LogP contribution in [0.1, 0.15) is 50.8 Å². The zero-order valence-electron chi connectivity index (χ0n) is 14.8. The molecule has 0 radical (unpaired) electrons. The SMILES string of the molecule is CC[C@H](C(=O)OC)N1c2cc(C)c(C)cc2C(C)=CC1(C)C. The maximum Gasteiger partial charge on any atom is 0.328 e. The highest BCUT2D eigenvalue weighted by Crippen LogP contribution is 2.42. The topological polar surface area (TPSA) is 29.5 Å². The number of allylic oxidation sites excluding steroid dienone is 1. The molecule has 120 valence electrons. The summed E-state index contributed by atoms with van der Waals surface area (Å²) >= 11 is 0. The zero-order valence-corrected chi connectivity index (χ0v) is 14.8. The second-order valence-corrected chi connectivity index (χ2v) is 6.75. The van der Waals surface area contributed by atoms with E-state index >= 15 is 0 Å². The number of carbonyl (C=O) groups excluding carboxylic acids is 1. The molecule has 0 saturated carbocycles. The lowest BCUT2D eigenvalue weighted by molar-refractivity contribution is -0.142. The van der Waals surface area contributed by atoms with E-state index in [9.17, 15) is 4.79 Å². The highest BCUT2D eigenvalue weighted by Gasteiger charge is 2.39. The molecule has 3 heteroatoms. The van der Waals surface area contributed by atoms with Gasteiger partial charge in [-0.15, -0.1) is 0 Å². The first kappa shape index (κ1) is 16.6. The Balaban J connectivity index is 2.68. The van der Waals surface area contributed by atoms with Gasteiger partial charge < -0.3 is 9.64 Å². The third-order valence-corrected chi connectivity index (χ3v) is 4.66. The summed E-state index contributed by atoms with van der Waals surface area (Å²) in [5.74, 6) is -0.173. The molecule has 0 amide bonds. The Morgan fingerprint density at radius 2 is 1.82 bits per heavy atom. The smallest absolute Gasteiger partial charge is 0.328 e. The Morgan fingerprint density at radius 3 is 2.36 bits per heavy atom. The van der Waals surface area contributed by atoms with Crippen LogP contribution in [0.3, 0.4) is 0 Å². The summed E-state index contributed by atoms with van der Waals surface area (Å²) in [5, 5.41) is 0. The van der Waals surface area contributed by atoms with Crippen molar-refractivity contribution in [3.05, 3.63) is 34.9 Å². The van der Waals surface area contributed by atoms with Crippen molar-refractivity contribution in [3.63, 3.8) is 0 Å². The third-order valence-electron chi connectivity index (χ3n) is 4.66. The standard InChI is InChI=1S/C19H27NO2/c1-8-16(18(21)22-7)20-17-10-13(3)12(2)9-15(17)14(4)11-19(20,5)6/h9-11,16H,8H2,1-7H3/t16-/m1/s1. The molecule has 1 atom stereocenters. The van der Waals surface area contributed by atoms with E-state index in [1.165, 1.54) is 29.4 Å². The quantitative estimate of drug-likeness (QED) is 0.781. The largest absolute Gasteiger partial charge is 0.467 e. The number of methoxy groups -OCH3 is 1. The van der Waals surface area contributed by atoms with Gasteiger partial charge in [0, 0.05) is 11.3 Å². The summed E-state index contributed by atoms with van der Waals surface area (Å²) in [4.78, 5) is 14.5. The molecule has 1 aromatic carbocycles. The van der Waals surface area contributed by atoms with Crippen LogP contribution in [0.4, 0.5) is 5.69 Å². The minimum atomic E-state index is -0.273. The first-order valence-electron chi connectivity index (χ1n) is 7.91. The van der Waals surface area contributed by atoms with Gasteiger partial charge in [0.25, 0.3) is 0 Å². The van der Waals surface area contributed by atoms with Crippen LogP contribution < -0.4 is 4.90 Å². The fourth-order valence-corrected chi connectivity index (χ4v) is 3.46. The maximum absolute atomic E-state index is 12.3. The number of hydrogen-bond donors (Lipinski definition) is 0. The molecule has 0 bridgehead atoms. The van der Waals surface area contributed by atoms with Crippen molar-refractivity contribution in [2.45, 2.75) is 59.5 Å². The lowest BCUT2D eigenvalue weighted by atomic mass is 9.85. The molecule has 1 aliphatic heterocycles. The molecule has 0 aliphatic carbocycles. The van der Waals surface area contributed by atoms with Crippen LogP contribution in [-0.2, 0) is 9.53 Å². The molecule has 0 aromatic heterocycles. The summed E-state index contributed by atoms with van der Waals surface area (Å²) in [7, 11) is 1.46. The predicted octanol–water partition coefficient (Wildman–Crippen LogP) is 4.26. The van der Waals surface area contributed by atoms with E-state index in [-0.39, 0.29) is 17.6 Å². The van der Waals surface area contributed by atoms with Gasteiger partial charge >= 0.3 is 5.97 Å². The van der Waals surface area contributed by atoms with Crippen LogP contribution in [0.25, 0.3) is 5.57 Å².